The van der Waals surface area contributed by atoms with Gasteiger partial charge in [-0.15, -0.1) is 6.58 Å². The van der Waals surface area contributed by atoms with Gasteiger partial charge < -0.3 is 29.7 Å². The number of nitrogens with one attached hydrogen (secondary N) is 3. The zero-order valence-electron chi connectivity index (χ0n) is 33.6. The van der Waals surface area contributed by atoms with Gasteiger partial charge in [-0.2, -0.15) is 0 Å². The fourth-order valence-electron chi connectivity index (χ4n) is 7.27. The van der Waals surface area contributed by atoms with Crippen molar-refractivity contribution in [2.45, 2.75) is 108 Å². The number of carbonyl (C=O) groups excluding carboxylic acids is 4. The van der Waals surface area contributed by atoms with Crippen molar-refractivity contribution < 1.29 is 41.8 Å². The van der Waals surface area contributed by atoms with E-state index in [1.807, 2.05) is 42.5 Å². The van der Waals surface area contributed by atoms with Gasteiger partial charge in [0.15, 0.2) is 0 Å². The molecule has 2 saturated carbocycles. The molecule has 0 spiro atoms. The second kappa shape index (κ2) is 15.6. The van der Waals surface area contributed by atoms with Crippen molar-refractivity contribution in [2.24, 2.45) is 11.3 Å². The lowest BCUT2D eigenvalue weighted by molar-refractivity contribution is -0.143. The summed E-state index contributed by atoms with van der Waals surface area (Å²) >= 11 is 0. The van der Waals surface area contributed by atoms with Gasteiger partial charge in [-0.05, 0) is 57.6 Å². The van der Waals surface area contributed by atoms with Gasteiger partial charge in [-0.25, -0.2) is 18.2 Å². The number of fused-ring (bicyclic) bond motifs is 1. The third kappa shape index (κ3) is 9.03. The van der Waals surface area contributed by atoms with Crippen molar-refractivity contribution in [1.82, 2.24) is 25.2 Å². The molecule has 3 N–H and O–H groups in total. The smallest absolute Gasteiger partial charge is 0.408 e. The summed E-state index contributed by atoms with van der Waals surface area (Å²) in [7, 11) is -2.39. The zero-order valence-corrected chi connectivity index (χ0v) is 34.4. The Labute approximate surface area is 334 Å². The summed E-state index contributed by atoms with van der Waals surface area (Å²) in [5.41, 5.74) is -1.16. The van der Waals surface area contributed by atoms with Gasteiger partial charge in [0.2, 0.25) is 21.8 Å². The Morgan fingerprint density at radius 3 is 2.30 bits per heavy atom. The Balaban J connectivity index is 1.34. The molecule has 306 valence electrons. The summed E-state index contributed by atoms with van der Waals surface area (Å²) in [5.74, 6) is -1.55. The van der Waals surface area contributed by atoms with Crippen LogP contribution >= 0.6 is 0 Å². The Kier molecular flexibility index (Phi) is 11.4. The number of nitrogens with zero attached hydrogens (tertiary/aromatic N) is 2. The van der Waals surface area contributed by atoms with Crippen LogP contribution in [0.25, 0.3) is 22.2 Å². The lowest BCUT2D eigenvalue weighted by Gasteiger charge is -2.36. The average Bonchev–Trinajstić information content (AvgIpc) is 3.66. The number of hydrogen-bond acceptors (Lipinski definition) is 10. The second-order valence-corrected chi connectivity index (χ2v) is 19.2. The second-order valence-electron chi connectivity index (χ2n) is 17.2. The standard InChI is InChI=1S/C42H53N5O9S/c1-9-26-23-42(26,38(50)46-57(52,53)29-16-13-17-29)45-36(48)33-21-28(24-47(33)37(49)35(40(2,3)4)44-39(51)56-41(5,6)7)55-34-22-31(25-14-11-10-12-15-25)43-32-20-27(54-8)18-19-30(32)34/h9-12,14-15,18-20,22,26,28-29,33,35H,1,13,16-17,21,23-24H2,2-8H3,(H,44,51)(H,45,48)(H,46,50)/t26?,28-,33+,35-,42?/m1/s1. The molecule has 0 bridgehead atoms. The van der Waals surface area contributed by atoms with Gasteiger partial charge in [0.1, 0.15) is 40.8 Å². The van der Waals surface area contributed by atoms with Crippen LogP contribution in [0.3, 0.4) is 0 Å². The van der Waals surface area contributed by atoms with E-state index >= 15 is 0 Å². The van der Waals surface area contributed by atoms with Crippen molar-refractivity contribution >= 4 is 44.7 Å². The van der Waals surface area contributed by atoms with E-state index in [1.165, 1.54) is 11.0 Å². The van der Waals surface area contributed by atoms with E-state index in [0.717, 1.165) is 12.0 Å². The predicted octanol–water partition coefficient (Wildman–Crippen LogP) is 5.26. The zero-order chi connectivity index (χ0) is 41.5. The number of likely N-dealkylation sites (tertiary alicyclic amines) is 1. The minimum atomic E-state index is -3.95. The van der Waals surface area contributed by atoms with Crippen molar-refractivity contribution in [3.8, 4) is 22.8 Å². The van der Waals surface area contributed by atoms with Crippen LogP contribution in [0.15, 0.2) is 67.3 Å². The molecule has 3 aromatic rings. The van der Waals surface area contributed by atoms with Crippen LogP contribution in [0.5, 0.6) is 11.5 Å². The molecule has 1 aromatic heterocycles. The monoisotopic (exact) mass is 803 g/mol. The van der Waals surface area contributed by atoms with Crippen molar-refractivity contribution in [2.75, 3.05) is 13.7 Å². The molecule has 14 nitrogen and oxygen atoms in total. The highest BCUT2D eigenvalue weighted by molar-refractivity contribution is 7.90. The average molecular weight is 804 g/mol. The van der Waals surface area contributed by atoms with E-state index < -0.39 is 79.7 Å². The molecule has 2 heterocycles. The number of amides is 4. The van der Waals surface area contributed by atoms with E-state index in [9.17, 15) is 27.6 Å². The van der Waals surface area contributed by atoms with Crippen LogP contribution in [0.1, 0.15) is 73.6 Å². The maximum Gasteiger partial charge on any atom is 0.408 e. The molecule has 2 unspecified atom stereocenters. The maximum absolute atomic E-state index is 14.7. The van der Waals surface area contributed by atoms with Crippen LogP contribution < -0.4 is 24.8 Å². The molecule has 2 aliphatic carbocycles. The van der Waals surface area contributed by atoms with Gasteiger partial charge in [0, 0.05) is 35.4 Å². The first-order valence-corrected chi connectivity index (χ1v) is 20.8. The van der Waals surface area contributed by atoms with Crippen molar-refractivity contribution in [1.29, 1.82) is 0 Å². The largest absolute Gasteiger partial charge is 0.497 e. The minimum Gasteiger partial charge on any atom is -0.497 e. The van der Waals surface area contributed by atoms with Crippen LogP contribution in [-0.4, -0.2) is 90.3 Å². The summed E-state index contributed by atoms with van der Waals surface area (Å²) in [6, 6.07) is 14.5. The molecule has 3 aliphatic rings. The number of rotatable bonds is 12. The lowest BCUT2D eigenvalue weighted by atomic mass is 9.85. The number of methoxy groups -OCH3 is 1. The highest BCUT2D eigenvalue weighted by Gasteiger charge is 2.62. The molecule has 1 saturated heterocycles. The molecule has 4 amide bonds. The number of aromatic nitrogens is 1. The quantitative estimate of drug-likeness (QED) is 0.205. The third-order valence-electron chi connectivity index (χ3n) is 10.7. The van der Waals surface area contributed by atoms with Gasteiger partial charge in [0.05, 0.1) is 30.1 Å². The van der Waals surface area contributed by atoms with E-state index in [1.54, 1.807) is 60.8 Å². The minimum absolute atomic E-state index is 0.0122. The first-order chi connectivity index (χ1) is 26.7. The van der Waals surface area contributed by atoms with Gasteiger partial charge >= 0.3 is 6.09 Å². The van der Waals surface area contributed by atoms with Crippen molar-refractivity contribution in [3.05, 3.63) is 67.3 Å². The molecule has 2 aromatic carbocycles. The summed E-state index contributed by atoms with van der Waals surface area (Å²) in [6.45, 7) is 14.2. The first-order valence-electron chi connectivity index (χ1n) is 19.3. The van der Waals surface area contributed by atoms with Crippen molar-refractivity contribution in [3.63, 3.8) is 0 Å². The highest BCUT2D eigenvalue weighted by Crippen LogP contribution is 2.45. The van der Waals surface area contributed by atoms with E-state index in [2.05, 4.69) is 21.9 Å². The Morgan fingerprint density at radius 2 is 1.72 bits per heavy atom. The number of pyridine rings is 1. The van der Waals surface area contributed by atoms with Crippen LogP contribution in [-0.2, 0) is 29.1 Å². The Hall–Kier alpha value is -5.18. The molecular formula is C42H53N5O9S. The molecular weight excluding hydrogens is 751 g/mol. The van der Waals surface area contributed by atoms with Crippen LogP contribution in [0, 0.1) is 11.3 Å². The molecule has 1 aliphatic heterocycles. The molecule has 5 atom stereocenters. The lowest BCUT2D eigenvalue weighted by Crippen LogP contribution is -2.60. The normalized spacial score (nSPS) is 22.8. The molecule has 15 heteroatoms. The number of alkyl carbamates (subject to hydrolysis) is 1. The molecule has 0 radical (unpaired) electrons. The molecule has 3 fully saturated rings. The highest BCUT2D eigenvalue weighted by atomic mass is 32.2. The van der Waals surface area contributed by atoms with Crippen LogP contribution in [0.2, 0.25) is 0 Å². The van der Waals surface area contributed by atoms with Gasteiger partial charge in [-0.1, -0.05) is 63.6 Å². The number of hydrogen-bond donors (Lipinski definition) is 3. The summed E-state index contributed by atoms with van der Waals surface area (Å²) in [5, 5.41) is 5.56. The number of carbonyl (C=O) groups is 4. The predicted molar refractivity (Wildman–Crippen MR) is 215 cm³/mol. The van der Waals surface area contributed by atoms with E-state index in [0.29, 0.717) is 40.9 Å². The Morgan fingerprint density at radius 1 is 1.02 bits per heavy atom. The topological polar surface area (TPSA) is 182 Å². The Bertz CT molecular complexity index is 2160. The summed E-state index contributed by atoms with van der Waals surface area (Å²) in [6.07, 6.45) is 1.77. The maximum atomic E-state index is 14.7. The van der Waals surface area contributed by atoms with E-state index in [4.69, 9.17) is 19.2 Å². The number of sulfonamides is 1. The fourth-order valence-corrected chi connectivity index (χ4v) is 8.83. The molecule has 6 rings (SSSR count). The third-order valence-corrected chi connectivity index (χ3v) is 12.6. The van der Waals surface area contributed by atoms with Gasteiger partial charge in [-0.3, -0.25) is 19.1 Å². The van der Waals surface area contributed by atoms with Gasteiger partial charge in [0.25, 0.3) is 5.91 Å². The van der Waals surface area contributed by atoms with Crippen LogP contribution in [0.4, 0.5) is 4.79 Å². The summed E-state index contributed by atoms with van der Waals surface area (Å²) in [4.78, 5) is 62.2. The summed E-state index contributed by atoms with van der Waals surface area (Å²) < 4.78 is 45.9. The first kappa shape index (κ1) is 41.5. The fraction of sp³-hybridized carbons (Fsp3) is 0.500. The SMILES string of the molecule is C=CC1CC1(NC(=O)[C@@H]1C[C@@H](Oc2cc(-c3ccccc3)nc3cc(OC)ccc23)CN1C(=O)[C@@H](NC(=O)OC(C)(C)C)C(C)(C)C)C(=O)NS(=O)(=O)C1CCC1. The molecule has 57 heavy (non-hydrogen) atoms. The van der Waals surface area contributed by atoms with E-state index in [-0.39, 0.29) is 19.4 Å². The number of ether oxygens (including phenoxy) is 3. The number of benzene rings is 2.